The zero-order valence-corrected chi connectivity index (χ0v) is 5.92. The Bertz CT molecular complexity index is 119. The molecule has 1 atom stereocenters. The predicted molar refractivity (Wildman–Crippen MR) is 38.7 cm³/mol. The van der Waals surface area contributed by atoms with Crippen molar-refractivity contribution in [2.45, 2.75) is 20.0 Å². The number of hydrogen-bond acceptors (Lipinski definition) is 1. The lowest BCUT2D eigenvalue weighted by molar-refractivity contribution is 0.152. The highest BCUT2D eigenvalue weighted by Crippen LogP contribution is 2.04. The average Bonchev–Trinajstić information content (AvgIpc) is 1.82. The smallest absolute Gasteiger partial charge is 0.160 e. The second-order valence-corrected chi connectivity index (χ2v) is 2.13. The van der Waals surface area contributed by atoms with Crippen LogP contribution < -0.4 is 0 Å². The van der Waals surface area contributed by atoms with E-state index in [2.05, 4.69) is 12.5 Å². The highest BCUT2D eigenvalue weighted by Gasteiger charge is 2.07. The Morgan fingerprint density at radius 1 is 1.67 bits per heavy atom. The summed E-state index contributed by atoms with van der Waals surface area (Å²) in [4.78, 5) is 0. The summed E-state index contributed by atoms with van der Waals surface area (Å²) in [5.41, 5.74) is 0. The second-order valence-electron chi connectivity index (χ2n) is 2.13. The van der Waals surface area contributed by atoms with Gasteiger partial charge in [-0.15, -0.1) is 6.42 Å². The molecule has 0 spiro atoms. The lowest BCUT2D eigenvalue weighted by Crippen LogP contribution is -2.13. The third-order valence-corrected chi connectivity index (χ3v) is 1.01. The van der Waals surface area contributed by atoms with E-state index in [1.165, 1.54) is 6.26 Å². The molecule has 0 bridgehead atoms. The highest BCUT2D eigenvalue weighted by atomic mass is 16.5. The van der Waals surface area contributed by atoms with Gasteiger partial charge in [-0.1, -0.05) is 26.3 Å². The standard InChI is InChI=1S/C8H12O/c1-5-8(7(3)4)9-6-2/h1,6-8H,2H2,3-4H3. The van der Waals surface area contributed by atoms with E-state index in [0.29, 0.717) is 5.92 Å². The van der Waals surface area contributed by atoms with Crippen molar-refractivity contribution in [2.24, 2.45) is 5.92 Å². The largest absolute Gasteiger partial charge is 0.486 e. The molecule has 0 aliphatic heterocycles. The topological polar surface area (TPSA) is 9.23 Å². The molecule has 0 saturated carbocycles. The Hall–Kier alpha value is -0.900. The van der Waals surface area contributed by atoms with Gasteiger partial charge in [-0.2, -0.15) is 0 Å². The van der Waals surface area contributed by atoms with Gasteiger partial charge in [0.05, 0.1) is 6.26 Å². The Morgan fingerprint density at radius 2 is 2.22 bits per heavy atom. The van der Waals surface area contributed by atoms with Gasteiger partial charge < -0.3 is 4.74 Å². The first-order valence-corrected chi connectivity index (χ1v) is 2.95. The van der Waals surface area contributed by atoms with Crippen molar-refractivity contribution in [3.05, 3.63) is 12.8 Å². The lowest BCUT2D eigenvalue weighted by Gasteiger charge is -2.12. The van der Waals surface area contributed by atoms with Gasteiger partial charge in [-0.3, -0.25) is 0 Å². The van der Waals surface area contributed by atoms with Crippen molar-refractivity contribution in [2.75, 3.05) is 0 Å². The van der Waals surface area contributed by atoms with Crippen LogP contribution in [0.5, 0.6) is 0 Å². The van der Waals surface area contributed by atoms with E-state index in [4.69, 9.17) is 11.2 Å². The number of terminal acetylenes is 1. The molecule has 0 saturated heterocycles. The molecule has 0 radical (unpaired) electrons. The molecular weight excluding hydrogens is 112 g/mol. The Balaban J connectivity index is 3.71. The molecule has 0 aliphatic rings. The van der Waals surface area contributed by atoms with Crippen LogP contribution in [0, 0.1) is 18.3 Å². The van der Waals surface area contributed by atoms with Crippen molar-refractivity contribution in [3.63, 3.8) is 0 Å². The van der Waals surface area contributed by atoms with Crippen LogP contribution >= 0.6 is 0 Å². The van der Waals surface area contributed by atoms with Crippen LogP contribution in [0.2, 0.25) is 0 Å². The molecule has 0 aliphatic carbocycles. The van der Waals surface area contributed by atoms with Gasteiger partial charge in [0.1, 0.15) is 0 Å². The van der Waals surface area contributed by atoms with E-state index in [1.807, 2.05) is 13.8 Å². The van der Waals surface area contributed by atoms with E-state index in [0.717, 1.165) is 0 Å². The van der Waals surface area contributed by atoms with Gasteiger partial charge >= 0.3 is 0 Å². The molecule has 0 aromatic carbocycles. The summed E-state index contributed by atoms with van der Waals surface area (Å²) in [5, 5.41) is 0. The summed E-state index contributed by atoms with van der Waals surface area (Å²) < 4.78 is 4.98. The molecule has 0 rings (SSSR count). The number of ether oxygens (including phenoxy) is 1. The first-order chi connectivity index (χ1) is 4.22. The van der Waals surface area contributed by atoms with Gasteiger partial charge in [0.25, 0.3) is 0 Å². The van der Waals surface area contributed by atoms with Gasteiger partial charge in [0.2, 0.25) is 0 Å². The first kappa shape index (κ1) is 8.10. The fourth-order valence-corrected chi connectivity index (χ4v) is 0.493. The van der Waals surface area contributed by atoms with Crippen molar-refractivity contribution in [1.29, 1.82) is 0 Å². The molecule has 0 N–H and O–H groups in total. The zero-order valence-electron chi connectivity index (χ0n) is 5.92. The van der Waals surface area contributed by atoms with Crippen LogP contribution in [0.1, 0.15) is 13.8 Å². The third-order valence-electron chi connectivity index (χ3n) is 1.01. The van der Waals surface area contributed by atoms with Gasteiger partial charge in [0, 0.05) is 5.92 Å². The van der Waals surface area contributed by atoms with Crippen molar-refractivity contribution >= 4 is 0 Å². The summed E-state index contributed by atoms with van der Waals surface area (Å²) in [5.74, 6) is 2.86. The van der Waals surface area contributed by atoms with Crippen LogP contribution in [-0.4, -0.2) is 6.10 Å². The lowest BCUT2D eigenvalue weighted by atomic mass is 10.1. The van der Waals surface area contributed by atoms with Crippen molar-refractivity contribution < 1.29 is 4.74 Å². The van der Waals surface area contributed by atoms with E-state index < -0.39 is 0 Å². The molecule has 0 aromatic heterocycles. The minimum atomic E-state index is -0.123. The maximum Gasteiger partial charge on any atom is 0.160 e. The van der Waals surface area contributed by atoms with Crippen molar-refractivity contribution in [1.82, 2.24) is 0 Å². The minimum Gasteiger partial charge on any atom is -0.486 e. The quantitative estimate of drug-likeness (QED) is 0.412. The number of rotatable bonds is 3. The van der Waals surface area contributed by atoms with E-state index >= 15 is 0 Å². The van der Waals surface area contributed by atoms with Crippen molar-refractivity contribution in [3.8, 4) is 12.3 Å². The van der Waals surface area contributed by atoms with E-state index in [9.17, 15) is 0 Å². The summed E-state index contributed by atoms with van der Waals surface area (Å²) >= 11 is 0. The first-order valence-electron chi connectivity index (χ1n) is 2.95. The summed E-state index contributed by atoms with van der Waals surface area (Å²) in [6, 6.07) is 0. The molecular formula is C8H12O. The Kier molecular flexibility index (Phi) is 3.62. The molecule has 50 valence electrons. The average molecular weight is 124 g/mol. The van der Waals surface area contributed by atoms with Crippen LogP contribution in [0.25, 0.3) is 0 Å². The fourth-order valence-electron chi connectivity index (χ4n) is 0.493. The molecule has 1 nitrogen and oxygen atoms in total. The summed E-state index contributed by atoms with van der Waals surface area (Å²) in [6.45, 7) is 7.43. The van der Waals surface area contributed by atoms with Crippen LogP contribution in [0.15, 0.2) is 12.8 Å². The molecule has 9 heavy (non-hydrogen) atoms. The van der Waals surface area contributed by atoms with Gasteiger partial charge in [-0.25, -0.2) is 0 Å². The minimum absolute atomic E-state index is 0.123. The summed E-state index contributed by atoms with van der Waals surface area (Å²) in [7, 11) is 0. The normalized spacial score (nSPS) is 12.2. The SMILES string of the molecule is C#CC(OC=C)C(C)C. The maximum atomic E-state index is 5.14. The van der Waals surface area contributed by atoms with Gasteiger partial charge in [-0.05, 0) is 0 Å². The molecule has 0 heterocycles. The van der Waals surface area contributed by atoms with E-state index in [1.54, 1.807) is 0 Å². The predicted octanol–water partition coefficient (Wildman–Crippen LogP) is 1.80. The van der Waals surface area contributed by atoms with Gasteiger partial charge in [0.15, 0.2) is 6.10 Å². The molecule has 1 unspecified atom stereocenters. The molecule has 1 heteroatoms. The highest BCUT2D eigenvalue weighted by molar-refractivity contribution is 4.96. The molecule has 0 amide bonds. The Morgan fingerprint density at radius 3 is 2.33 bits per heavy atom. The summed E-state index contributed by atoms with van der Waals surface area (Å²) in [6.07, 6.45) is 6.39. The van der Waals surface area contributed by atoms with E-state index in [-0.39, 0.29) is 6.10 Å². The fraction of sp³-hybridized carbons (Fsp3) is 0.500. The maximum absolute atomic E-state index is 5.14. The second kappa shape index (κ2) is 4.03. The van der Waals surface area contributed by atoms with Crippen LogP contribution in [-0.2, 0) is 4.74 Å². The molecule has 0 aromatic rings. The van der Waals surface area contributed by atoms with Crippen LogP contribution in [0.3, 0.4) is 0 Å². The zero-order chi connectivity index (χ0) is 7.28. The monoisotopic (exact) mass is 124 g/mol. The van der Waals surface area contributed by atoms with Crippen LogP contribution in [0.4, 0.5) is 0 Å². The number of hydrogen-bond donors (Lipinski definition) is 0. The third kappa shape index (κ3) is 2.81. The Labute approximate surface area is 56.7 Å². The molecule has 0 fully saturated rings.